The van der Waals surface area contributed by atoms with Crippen LogP contribution in [0.5, 0.6) is 5.75 Å². The SMILES string of the molecule is CCCCc1cc(=O)oc2c(C)c3c(cc12)CN(CCc1ccccc1F)CO3. The number of rotatable bonds is 6. The summed E-state index contributed by atoms with van der Waals surface area (Å²) in [6, 6.07) is 10.6. The molecule has 2 heterocycles. The summed E-state index contributed by atoms with van der Waals surface area (Å²) in [6.45, 7) is 5.97. The van der Waals surface area contributed by atoms with Crippen LogP contribution >= 0.6 is 0 Å². The monoisotopic (exact) mass is 395 g/mol. The first-order chi connectivity index (χ1) is 14.1. The lowest BCUT2D eigenvalue weighted by Crippen LogP contribution is -2.34. The molecule has 2 aromatic carbocycles. The fourth-order valence-corrected chi connectivity index (χ4v) is 4.03. The second-order valence-corrected chi connectivity index (χ2v) is 7.73. The molecule has 0 aliphatic carbocycles. The highest BCUT2D eigenvalue weighted by Crippen LogP contribution is 2.36. The van der Waals surface area contributed by atoms with Crippen molar-refractivity contribution >= 4 is 11.0 Å². The van der Waals surface area contributed by atoms with Crippen LogP contribution in [-0.4, -0.2) is 18.2 Å². The van der Waals surface area contributed by atoms with Gasteiger partial charge in [0.2, 0.25) is 0 Å². The molecule has 1 aliphatic rings. The van der Waals surface area contributed by atoms with Crippen molar-refractivity contribution in [1.29, 1.82) is 0 Å². The van der Waals surface area contributed by atoms with E-state index >= 15 is 0 Å². The van der Waals surface area contributed by atoms with Crippen LogP contribution in [0.25, 0.3) is 11.0 Å². The number of unbranched alkanes of at least 4 members (excludes halogenated alkanes) is 1. The minimum absolute atomic E-state index is 0.164. The fourth-order valence-electron chi connectivity index (χ4n) is 4.03. The van der Waals surface area contributed by atoms with E-state index in [1.165, 1.54) is 6.07 Å². The van der Waals surface area contributed by atoms with Gasteiger partial charge < -0.3 is 9.15 Å². The van der Waals surface area contributed by atoms with Gasteiger partial charge in [-0.05, 0) is 49.4 Å². The van der Waals surface area contributed by atoms with Crippen LogP contribution in [0.4, 0.5) is 4.39 Å². The standard InChI is InChI=1S/C24H26FNO3/c1-3-4-7-18-13-22(27)29-24-16(2)23-19(12-20(18)24)14-26(15-28-23)11-10-17-8-5-6-9-21(17)25/h5-6,8-9,12-13H,3-4,7,10-11,14-15H2,1-2H3. The number of fused-ring (bicyclic) bond motifs is 2. The first-order valence-corrected chi connectivity index (χ1v) is 10.2. The molecule has 0 amide bonds. The number of aryl methyl sites for hydroxylation is 2. The van der Waals surface area contributed by atoms with Crippen LogP contribution in [0.3, 0.4) is 0 Å². The van der Waals surface area contributed by atoms with Crippen LogP contribution in [0.1, 0.15) is 42.0 Å². The maximum atomic E-state index is 13.9. The summed E-state index contributed by atoms with van der Waals surface area (Å²) in [5, 5.41) is 0.994. The van der Waals surface area contributed by atoms with Crippen LogP contribution in [0, 0.1) is 12.7 Å². The molecule has 0 fully saturated rings. The van der Waals surface area contributed by atoms with Crippen molar-refractivity contribution in [3.8, 4) is 5.75 Å². The number of hydrogen-bond acceptors (Lipinski definition) is 4. The normalized spacial score (nSPS) is 14.0. The zero-order valence-corrected chi connectivity index (χ0v) is 17.0. The molecule has 0 saturated carbocycles. The summed E-state index contributed by atoms with van der Waals surface area (Å²) >= 11 is 0. The predicted molar refractivity (Wildman–Crippen MR) is 112 cm³/mol. The van der Waals surface area contributed by atoms with Crippen molar-refractivity contribution in [2.45, 2.75) is 46.1 Å². The lowest BCUT2D eigenvalue weighted by atomic mass is 9.98. The van der Waals surface area contributed by atoms with Gasteiger partial charge in [-0.25, -0.2) is 9.18 Å². The zero-order valence-electron chi connectivity index (χ0n) is 17.0. The van der Waals surface area contributed by atoms with Crippen molar-refractivity contribution in [2.75, 3.05) is 13.3 Å². The third kappa shape index (κ3) is 4.06. The molecule has 0 bridgehead atoms. The second kappa shape index (κ2) is 8.37. The molecule has 152 valence electrons. The Hall–Kier alpha value is -2.66. The number of ether oxygens (including phenoxy) is 1. The van der Waals surface area contributed by atoms with E-state index in [-0.39, 0.29) is 11.4 Å². The highest BCUT2D eigenvalue weighted by atomic mass is 19.1. The number of hydrogen-bond donors (Lipinski definition) is 0. The molecule has 3 aromatic rings. The third-order valence-corrected chi connectivity index (χ3v) is 5.62. The Morgan fingerprint density at radius 3 is 2.76 bits per heavy atom. The van der Waals surface area contributed by atoms with Gasteiger partial charge in [-0.15, -0.1) is 0 Å². The Kier molecular flexibility index (Phi) is 5.67. The van der Waals surface area contributed by atoms with Crippen LogP contribution in [0.15, 0.2) is 45.6 Å². The van der Waals surface area contributed by atoms with E-state index in [9.17, 15) is 9.18 Å². The maximum absolute atomic E-state index is 13.9. The molecule has 0 spiro atoms. The first-order valence-electron chi connectivity index (χ1n) is 10.2. The lowest BCUT2D eigenvalue weighted by Gasteiger charge is -2.30. The van der Waals surface area contributed by atoms with Gasteiger partial charge in [-0.3, -0.25) is 4.90 Å². The first kappa shape index (κ1) is 19.6. The second-order valence-electron chi connectivity index (χ2n) is 7.73. The molecule has 0 saturated heterocycles. The molecular formula is C24H26FNO3. The van der Waals surface area contributed by atoms with Crippen molar-refractivity contribution in [3.05, 3.63) is 74.9 Å². The van der Waals surface area contributed by atoms with Gasteiger partial charge in [-0.1, -0.05) is 31.5 Å². The number of nitrogens with zero attached hydrogens (tertiary/aromatic N) is 1. The summed E-state index contributed by atoms with van der Waals surface area (Å²) in [5.41, 5.74) is 4.03. The van der Waals surface area contributed by atoms with E-state index in [1.54, 1.807) is 12.1 Å². The molecule has 5 heteroatoms. The van der Waals surface area contributed by atoms with Gasteiger partial charge in [0.1, 0.15) is 23.9 Å². The molecule has 0 N–H and O–H groups in total. The molecule has 1 aliphatic heterocycles. The molecule has 0 radical (unpaired) electrons. The van der Waals surface area contributed by atoms with Gasteiger partial charge in [0.15, 0.2) is 0 Å². The molecule has 4 nitrogen and oxygen atoms in total. The highest BCUT2D eigenvalue weighted by molar-refractivity contribution is 5.86. The molecule has 0 atom stereocenters. The molecule has 1 aromatic heterocycles. The molecular weight excluding hydrogens is 369 g/mol. The van der Waals surface area contributed by atoms with E-state index in [2.05, 4.69) is 17.9 Å². The Morgan fingerprint density at radius 2 is 1.97 bits per heavy atom. The van der Waals surface area contributed by atoms with Crippen LogP contribution < -0.4 is 10.4 Å². The summed E-state index contributed by atoms with van der Waals surface area (Å²) < 4.78 is 25.5. The van der Waals surface area contributed by atoms with Crippen molar-refractivity contribution in [1.82, 2.24) is 4.90 Å². The average molecular weight is 395 g/mol. The minimum atomic E-state index is -0.311. The van der Waals surface area contributed by atoms with Gasteiger partial charge in [0, 0.05) is 35.7 Å². The Bertz CT molecular complexity index is 1090. The van der Waals surface area contributed by atoms with E-state index < -0.39 is 0 Å². The maximum Gasteiger partial charge on any atom is 0.336 e. The van der Waals surface area contributed by atoms with Crippen molar-refractivity contribution in [3.63, 3.8) is 0 Å². The Labute approximate surface area is 169 Å². The van der Waals surface area contributed by atoms with E-state index in [4.69, 9.17) is 9.15 Å². The predicted octanol–water partition coefficient (Wildman–Crippen LogP) is 4.98. The number of halogens is 1. The molecule has 0 unspecified atom stereocenters. The van der Waals surface area contributed by atoms with E-state index in [1.807, 2.05) is 19.1 Å². The molecule has 29 heavy (non-hydrogen) atoms. The topological polar surface area (TPSA) is 42.7 Å². The zero-order chi connectivity index (χ0) is 20.4. The smallest absolute Gasteiger partial charge is 0.336 e. The van der Waals surface area contributed by atoms with Gasteiger partial charge in [0.05, 0.1) is 0 Å². The average Bonchev–Trinajstić information content (AvgIpc) is 2.72. The summed E-state index contributed by atoms with van der Waals surface area (Å²) in [5.74, 6) is 0.638. The Balaban J connectivity index is 1.61. The quantitative estimate of drug-likeness (QED) is 0.552. The van der Waals surface area contributed by atoms with Gasteiger partial charge >= 0.3 is 5.63 Å². The van der Waals surface area contributed by atoms with E-state index in [0.717, 1.165) is 59.2 Å². The van der Waals surface area contributed by atoms with Crippen molar-refractivity contribution < 1.29 is 13.5 Å². The lowest BCUT2D eigenvalue weighted by molar-refractivity contribution is 0.0957. The van der Waals surface area contributed by atoms with Crippen LogP contribution in [0.2, 0.25) is 0 Å². The molecule has 4 rings (SSSR count). The largest absolute Gasteiger partial charge is 0.477 e. The van der Waals surface area contributed by atoms with Crippen LogP contribution in [-0.2, 0) is 19.4 Å². The Morgan fingerprint density at radius 1 is 1.14 bits per heavy atom. The summed E-state index contributed by atoms with van der Waals surface area (Å²) in [7, 11) is 0. The van der Waals surface area contributed by atoms with E-state index in [0.29, 0.717) is 25.3 Å². The fraction of sp³-hybridized carbons (Fsp3) is 0.375. The minimum Gasteiger partial charge on any atom is -0.477 e. The van der Waals surface area contributed by atoms with Gasteiger partial charge in [-0.2, -0.15) is 0 Å². The summed E-state index contributed by atoms with van der Waals surface area (Å²) in [4.78, 5) is 14.2. The van der Waals surface area contributed by atoms with Gasteiger partial charge in [0.25, 0.3) is 0 Å². The number of benzene rings is 2. The third-order valence-electron chi connectivity index (χ3n) is 5.62. The van der Waals surface area contributed by atoms with Crippen molar-refractivity contribution in [2.24, 2.45) is 0 Å². The summed E-state index contributed by atoms with van der Waals surface area (Å²) in [6.07, 6.45) is 3.59. The highest BCUT2D eigenvalue weighted by Gasteiger charge is 2.23.